The molecule has 0 saturated carbocycles. The van der Waals surface area contributed by atoms with E-state index in [4.69, 9.17) is 35.6 Å². The first-order valence-corrected chi connectivity index (χ1v) is 44.2. The van der Waals surface area contributed by atoms with Gasteiger partial charge in [0, 0.05) is 54.2 Å². The fourth-order valence-corrected chi connectivity index (χ4v) is 14.4. The van der Waals surface area contributed by atoms with E-state index in [2.05, 4.69) is 59.6 Å². The lowest BCUT2D eigenvalue weighted by Gasteiger charge is -2.30. The van der Waals surface area contributed by atoms with Crippen LogP contribution in [0.3, 0.4) is 0 Å². The number of halogens is 10. The second-order valence-electron chi connectivity index (χ2n) is 29.6. The predicted octanol–water partition coefficient (Wildman–Crippen LogP) is 19.2. The van der Waals surface area contributed by atoms with Crippen molar-refractivity contribution in [3.63, 3.8) is 0 Å². The molecule has 0 unspecified atom stereocenters. The summed E-state index contributed by atoms with van der Waals surface area (Å²) < 4.78 is 139. The number of aromatic nitrogens is 6. The van der Waals surface area contributed by atoms with Crippen molar-refractivity contribution in [1.29, 1.82) is 0 Å². The summed E-state index contributed by atoms with van der Waals surface area (Å²) in [7, 11) is -1.58. The number of carbonyl (C=O) groups excluding carboxylic acids is 3. The second kappa shape index (κ2) is 43.0. The van der Waals surface area contributed by atoms with Crippen molar-refractivity contribution in [2.45, 2.75) is 125 Å². The monoisotopic (exact) mass is 1830 g/mol. The maximum absolute atomic E-state index is 13.9. The highest BCUT2D eigenvalue weighted by molar-refractivity contribution is 14.1. The Morgan fingerprint density at radius 3 is 0.944 bits per heavy atom. The quantitative estimate of drug-likeness (QED) is 0.0156. The van der Waals surface area contributed by atoms with E-state index in [0.29, 0.717) is 109 Å². The molecule has 0 N–H and O–H groups in total. The Bertz CT molecular complexity index is 5990. The van der Waals surface area contributed by atoms with Gasteiger partial charge in [-0.3, -0.25) is 42.5 Å². The number of nitrogens with zero attached hydrogens (tertiary/aromatic N) is 9. The Labute approximate surface area is 727 Å². The predicted molar refractivity (Wildman–Crippen MR) is 475 cm³/mol. The molecule has 9 aromatic carbocycles. The van der Waals surface area contributed by atoms with Crippen LogP contribution in [0.5, 0.6) is 0 Å². The van der Waals surface area contributed by atoms with Crippen LogP contribution in [0, 0.1) is 27.4 Å². The van der Waals surface area contributed by atoms with E-state index in [1.54, 1.807) is 128 Å². The first kappa shape index (κ1) is 96.0. The molecule has 12 rings (SSSR count). The highest BCUT2D eigenvalue weighted by Gasteiger charge is 2.35. The average molecular weight is 1830 g/mol. The number of fused-ring (bicyclic) bond motifs is 3. The summed E-state index contributed by atoms with van der Waals surface area (Å²) >= 11 is 2.18. The SMILES string of the molecule is C.C#Cc1ccc(-n2c([C@@H](C)N(CCOCC)C(=O)Cc3ccc(C(F)(F)F)cc3)nc3ccccc3c2=O)cc1.CCOCCN(C(=O)Cc1ccc(C(F)(F)F)cc1)[C@H](C)c1nc2ccccc2c(=O)n1-c1ccc(C#C[Si](C)(C)C)cc1.CCOCCN(C(=O)Cc1ccc(C(F)(F)F)cc1)[C@H](C)c1nc2ccccc2c(=O)n1-c1ccc(I)cc1. The molecule has 3 atom stereocenters. The van der Waals surface area contributed by atoms with E-state index < -0.39 is 61.4 Å². The summed E-state index contributed by atoms with van der Waals surface area (Å²) in [4.78, 5) is 101. The van der Waals surface area contributed by atoms with Crippen molar-refractivity contribution in [3.05, 3.63) is 315 Å². The van der Waals surface area contributed by atoms with Gasteiger partial charge in [-0.05, 0) is 226 Å². The number of para-hydroxylation sites is 3. The molecule has 0 spiro atoms. The van der Waals surface area contributed by atoms with Gasteiger partial charge in [0.2, 0.25) is 17.7 Å². The van der Waals surface area contributed by atoms with E-state index >= 15 is 0 Å². The molecule has 0 fully saturated rings. The fraction of sp³-hybridized carbons (Fsp3) is 0.295. The standard InChI is InChI=1S/C34H36F3N3O3Si.C31H28F3N3O3.C29H27F3IN3O3.CH4/c1-6-43-21-20-39(31(41)23-26-11-15-27(16-12-26)34(35,36)37)24(2)32-38-30-10-8-7-9-29(30)33(42)40(32)28-17-13-25(14-18-28)19-22-44(3,4)5;1-4-22-12-16-25(17-13-22)37-29(35-27-9-7-6-8-26(27)30(37)39)21(3)36(18-19-40-5-2)28(38)20-23-10-14-24(15-11-23)31(32,33)34;1-3-39-17-16-35(26(37)18-20-8-10-21(11-9-20)29(30,31)32)19(2)27-34-25-7-5-4-6-24(25)28(38)36(27)23-14-12-22(33)13-15-23;/h7-18,24H,6,20-21,23H2,1-5H3;1,6-17,21H,5,18-20H2,2-3H3;4-15,19H,3,16-18H2,1-2H3;1H4/t24-;21-;19-;/m111./s1. The number of rotatable bonds is 27. The minimum Gasteiger partial charge on any atom is -0.380 e. The first-order chi connectivity index (χ1) is 58.5. The van der Waals surface area contributed by atoms with Crippen molar-refractivity contribution < 1.29 is 68.1 Å². The summed E-state index contributed by atoms with van der Waals surface area (Å²) in [5, 5.41) is 1.29. The molecule has 0 radical (unpaired) electrons. The van der Waals surface area contributed by atoms with Crippen LogP contribution in [-0.2, 0) is 66.4 Å². The molecule has 29 heteroatoms. The Hall–Kier alpha value is -11.9. The zero-order valence-electron chi connectivity index (χ0n) is 69.1. The first-order valence-electron chi connectivity index (χ1n) is 39.6. The van der Waals surface area contributed by atoms with Crippen LogP contribution in [0.15, 0.2) is 233 Å². The summed E-state index contributed by atoms with van der Waals surface area (Å²) in [6, 6.07) is 54.2. The number of carbonyl (C=O) groups is 3. The second-order valence-corrected chi connectivity index (χ2v) is 35.6. The van der Waals surface area contributed by atoms with Gasteiger partial charge in [0.15, 0.2) is 0 Å². The number of ether oxygens (including phenoxy) is 3. The fourth-order valence-electron chi connectivity index (χ4n) is 13.5. The Kier molecular flexibility index (Phi) is 33.2. The Morgan fingerprint density at radius 1 is 0.419 bits per heavy atom. The molecule has 12 aromatic rings. The topological polar surface area (TPSA) is 193 Å². The van der Waals surface area contributed by atoms with Gasteiger partial charge in [0.1, 0.15) is 25.5 Å². The summed E-state index contributed by atoms with van der Waals surface area (Å²) in [6.07, 6.45) is -8.27. The molecular weight excluding hydrogens is 1740 g/mol. The Balaban J connectivity index is 0.000000210. The van der Waals surface area contributed by atoms with Gasteiger partial charge < -0.3 is 28.9 Å². The summed E-state index contributed by atoms with van der Waals surface area (Å²) in [5.74, 6) is 5.83. The van der Waals surface area contributed by atoms with Gasteiger partial charge in [-0.1, -0.05) is 112 Å². The number of terminal acetylenes is 1. The molecule has 124 heavy (non-hydrogen) atoms. The number of hydrogen-bond donors (Lipinski definition) is 0. The molecule has 0 aliphatic carbocycles. The van der Waals surface area contributed by atoms with E-state index in [1.165, 1.54) is 55.0 Å². The molecule has 0 bridgehead atoms. The lowest BCUT2D eigenvalue weighted by molar-refractivity contribution is -0.138. The number of alkyl halides is 9. The van der Waals surface area contributed by atoms with E-state index in [0.717, 1.165) is 45.5 Å². The largest absolute Gasteiger partial charge is 0.416 e. The lowest BCUT2D eigenvalue weighted by atomic mass is 10.1. The van der Waals surface area contributed by atoms with Crippen molar-refractivity contribution >= 4 is 81.1 Å². The molecule has 3 heterocycles. The maximum atomic E-state index is 13.9. The number of benzene rings is 9. The van der Waals surface area contributed by atoms with Gasteiger partial charge >= 0.3 is 18.5 Å². The third kappa shape index (κ3) is 24.8. The van der Waals surface area contributed by atoms with Gasteiger partial charge in [-0.2, -0.15) is 39.5 Å². The summed E-state index contributed by atoms with van der Waals surface area (Å²) in [6.45, 7) is 20.0. The zero-order valence-corrected chi connectivity index (χ0v) is 72.2. The van der Waals surface area contributed by atoms with Crippen molar-refractivity contribution in [1.82, 2.24) is 43.4 Å². The molecule has 0 saturated heterocycles. The van der Waals surface area contributed by atoms with E-state index in [9.17, 15) is 68.3 Å². The van der Waals surface area contributed by atoms with Crippen molar-refractivity contribution in [2.75, 3.05) is 59.3 Å². The minimum absolute atomic E-state index is 0. The molecule has 648 valence electrons. The third-order valence-corrected chi connectivity index (χ3v) is 21.5. The molecular formula is C95H95F9IN9O9Si. The lowest BCUT2D eigenvalue weighted by Crippen LogP contribution is -2.40. The third-order valence-electron chi connectivity index (χ3n) is 19.9. The molecule has 18 nitrogen and oxygen atoms in total. The molecule has 3 amide bonds. The molecule has 0 aliphatic rings. The van der Waals surface area contributed by atoms with Crippen LogP contribution < -0.4 is 16.7 Å². The molecule has 3 aromatic heterocycles. The van der Waals surface area contributed by atoms with E-state index in [1.807, 2.05) is 69.3 Å². The maximum Gasteiger partial charge on any atom is 0.416 e. The number of amides is 3. The van der Waals surface area contributed by atoms with Crippen LogP contribution in [0.25, 0.3) is 49.8 Å². The van der Waals surface area contributed by atoms with Crippen LogP contribution in [0.1, 0.15) is 129 Å². The Morgan fingerprint density at radius 2 is 0.685 bits per heavy atom. The van der Waals surface area contributed by atoms with Crippen LogP contribution >= 0.6 is 22.6 Å². The minimum atomic E-state index is -4.47. The summed E-state index contributed by atoms with van der Waals surface area (Å²) in [5.41, 5.74) is 6.14. The highest BCUT2D eigenvalue weighted by Crippen LogP contribution is 2.34. The van der Waals surface area contributed by atoms with Gasteiger partial charge in [-0.25, -0.2) is 15.0 Å². The van der Waals surface area contributed by atoms with Gasteiger partial charge in [0.05, 0.1) is 124 Å². The van der Waals surface area contributed by atoms with Gasteiger partial charge in [-0.15, -0.1) is 12.0 Å². The molecule has 0 aliphatic heterocycles. The van der Waals surface area contributed by atoms with Crippen molar-refractivity contribution in [2.24, 2.45) is 0 Å². The highest BCUT2D eigenvalue weighted by atomic mass is 127. The van der Waals surface area contributed by atoms with Crippen LogP contribution in [0.2, 0.25) is 19.6 Å². The smallest absolute Gasteiger partial charge is 0.380 e. The zero-order chi connectivity index (χ0) is 89.1. The van der Waals surface area contributed by atoms with E-state index in [-0.39, 0.29) is 101 Å². The average Bonchev–Trinajstić information content (AvgIpc) is 0.771. The van der Waals surface area contributed by atoms with Crippen LogP contribution in [0.4, 0.5) is 39.5 Å². The van der Waals surface area contributed by atoms with Crippen molar-refractivity contribution in [3.8, 4) is 40.9 Å². The normalized spacial score (nSPS) is 12.3. The van der Waals surface area contributed by atoms with Crippen LogP contribution in [-0.4, -0.2) is 128 Å². The number of hydrogen-bond acceptors (Lipinski definition) is 12. The van der Waals surface area contributed by atoms with Gasteiger partial charge in [0.25, 0.3) is 16.7 Å².